The van der Waals surface area contributed by atoms with E-state index in [4.69, 9.17) is 10.5 Å². The molecule has 1 rings (SSSR count). The van der Waals surface area contributed by atoms with Crippen LogP contribution in [0.4, 0.5) is 11.9 Å². The SMILES string of the molecule is CCC(C)(CC)Nc1nc(N)nc(OC)n1. The molecule has 1 heterocycles. The Balaban J connectivity index is 2.92. The molecule has 90 valence electrons. The van der Waals surface area contributed by atoms with E-state index >= 15 is 0 Å². The third kappa shape index (κ3) is 2.95. The van der Waals surface area contributed by atoms with Crippen molar-refractivity contribution >= 4 is 11.9 Å². The molecule has 0 aliphatic heterocycles. The molecular weight excluding hydrogens is 206 g/mol. The van der Waals surface area contributed by atoms with Gasteiger partial charge in [0.15, 0.2) is 0 Å². The first-order valence-electron chi connectivity index (χ1n) is 5.36. The van der Waals surface area contributed by atoms with E-state index in [1.54, 1.807) is 0 Å². The Labute approximate surface area is 95.6 Å². The zero-order valence-corrected chi connectivity index (χ0v) is 10.2. The fourth-order valence-corrected chi connectivity index (χ4v) is 1.22. The first kappa shape index (κ1) is 12.5. The molecule has 1 aromatic rings. The van der Waals surface area contributed by atoms with Crippen LogP contribution in [0.3, 0.4) is 0 Å². The second kappa shape index (κ2) is 4.96. The second-order valence-corrected chi connectivity index (χ2v) is 3.90. The van der Waals surface area contributed by atoms with Crippen molar-refractivity contribution in [3.63, 3.8) is 0 Å². The first-order valence-corrected chi connectivity index (χ1v) is 5.36. The van der Waals surface area contributed by atoms with Crippen LogP contribution in [0.2, 0.25) is 0 Å². The van der Waals surface area contributed by atoms with Gasteiger partial charge < -0.3 is 15.8 Å². The highest BCUT2D eigenvalue weighted by Gasteiger charge is 2.20. The van der Waals surface area contributed by atoms with Gasteiger partial charge in [0.2, 0.25) is 11.9 Å². The number of ether oxygens (including phenoxy) is 1. The Morgan fingerprint density at radius 3 is 2.38 bits per heavy atom. The summed E-state index contributed by atoms with van der Waals surface area (Å²) in [5, 5.41) is 3.25. The van der Waals surface area contributed by atoms with Crippen LogP contribution >= 0.6 is 0 Å². The van der Waals surface area contributed by atoms with Gasteiger partial charge in [-0.1, -0.05) is 13.8 Å². The summed E-state index contributed by atoms with van der Waals surface area (Å²) in [7, 11) is 1.50. The van der Waals surface area contributed by atoms with E-state index in [2.05, 4.69) is 41.0 Å². The summed E-state index contributed by atoms with van der Waals surface area (Å²) in [5.41, 5.74) is 5.51. The van der Waals surface area contributed by atoms with Crippen molar-refractivity contribution in [3.05, 3.63) is 0 Å². The van der Waals surface area contributed by atoms with E-state index in [0.29, 0.717) is 5.95 Å². The highest BCUT2D eigenvalue weighted by Crippen LogP contribution is 2.20. The van der Waals surface area contributed by atoms with E-state index in [1.165, 1.54) is 7.11 Å². The Morgan fingerprint density at radius 2 is 1.88 bits per heavy atom. The normalized spacial score (nSPS) is 11.2. The molecule has 16 heavy (non-hydrogen) atoms. The number of hydrogen-bond acceptors (Lipinski definition) is 6. The summed E-state index contributed by atoms with van der Waals surface area (Å²) >= 11 is 0. The van der Waals surface area contributed by atoms with Gasteiger partial charge in [0.05, 0.1) is 7.11 Å². The topological polar surface area (TPSA) is 86.0 Å². The van der Waals surface area contributed by atoms with Crippen LogP contribution in [0.1, 0.15) is 33.6 Å². The molecule has 0 aliphatic carbocycles. The Morgan fingerprint density at radius 1 is 1.25 bits per heavy atom. The van der Waals surface area contributed by atoms with Crippen LogP contribution in [-0.2, 0) is 0 Å². The number of nitrogens with two attached hydrogens (primary N) is 1. The third-order valence-electron chi connectivity index (χ3n) is 2.79. The number of nitrogens with one attached hydrogen (secondary N) is 1. The molecule has 3 N–H and O–H groups in total. The number of nitrogen functional groups attached to an aromatic ring is 1. The van der Waals surface area contributed by atoms with E-state index in [1.807, 2.05) is 0 Å². The Hall–Kier alpha value is -1.59. The summed E-state index contributed by atoms with van der Waals surface area (Å²) < 4.78 is 4.94. The van der Waals surface area contributed by atoms with Gasteiger partial charge in [-0.25, -0.2) is 0 Å². The standard InChI is InChI=1S/C10H19N5O/c1-5-10(3,6-2)15-8-12-7(11)13-9(14-8)16-4/h5-6H2,1-4H3,(H3,11,12,13,14,15). The fourth-order valence-electron chi connectivity index (χ4n) is 1.22. The molecule has 6 nitrogen and oxygen atoms in total. The van der Waals surface area contributed by atoms with Gasteiger partial charge in [-0.2, -0.15) is 15.0 Å². The summed E-state index contributed by atoms with van der Waals surface area (Å²) in [4.78, 5) is 12.0. The second-order valence-electron chi connectivity index (χ2n) is 3.90. The largest absolute Gasteiger partial charge is 0.467 e. The van der Waals surface area contributed by atoms with Crippen molar-refractivity contribution < 1.29 is 4.74 Å². The van der Waals surface area contributed by atoms with Gasteiger partial charge in [-0.15, -0.1) is 0 Å². The number of anilines is 2. The van der Waals surface area contributed by atoms with Crippen LogP contribution in [0.5, 0.6) is 6.01 Å². The lowest BCUT2D eigenvalue weighted by molar-refractivity contribution is 0.378. The van der Waals surface area contributed by atoms with Gasteiger partial charge in [0.25, 0.3) is 0 Å². The van der Waals surface area contributed by atoms with E-state index < -0.39 is 0 Å². The van der Waals surface area contributed by atoms with Crippen molar-refractivity contribution in [2.24, 2.45) is 0 Å². The highest BCUT2D eigenvalue weighted by molar-refractivity contribution is 5.35. The van der Waals surface area contributed by atoms with Crippen LogP contribution in [-0.4, -0.2) is 27.6 Å². The maximum Gasteiger partial charge on any atom is 0.322 e. The molecule has 6 heteroatoms. The summed E-state index contributed by atoms with van der Waals surface area (Å²) in [5.74, 6) is 0.611. The molecule has 0 fully saturated rings. The minimum Gasteiger partial charge on any atom is -0.467 e. The molecule has 0 saturated heterocycles. The van der Waals surface area contributed by atoms with Gasteiger partial charge in [0.1, 0.15) is 0 Å². The fraction of sp³-hybridized carbons (Fsp3) is 0.700. The molecular formula is C10H19N5O. The lowest BCUT2D eigenvalue weighted by atomic mass is 9.96. The molecule has 0 amide bonds. The van der Waals surface area contributed by atoms with Crippen molar-refractivity contribution in [2.45, 2.75) is 39.2 Å². The van der Waals surface area contributed by atoms with Gasteiger partial charge in [-0.3, -0.25) is 0 Å². The minimum atomic E-state index is -0.0429. The molecule has 0 saturated carbocycles. The Bertz CT molecular complexity index is 351. The lowest BCUT2D eigenvalue weighted by Crippen LogP contribution is -2.34. The molecule has 1 aromatic heterocycles. The number of nitrogens with zero attached hydrogens (tertiary/aromatic N) is 3. The van der Waals surface area contributed by atoms with E-state index in [9.17, 15) is 0 Å². The average Bonchev–Trinajstić information content (AvgIpc) is 2.28. The average molecular weight is 225 g/mol. The number of aromatic nitrogens is 3. The third-order valence-corrected chi connectivity index (χ3v) is 2.79. The quantitative estimate of drug-likeness (QED) is 0.788. The molecule has 0 radical (unpaired) electrons. The zero-order valence-electron chi connectivity index (χ0n) is 10.2. The summed E-state index contributed by atoms with van der Waals surface area (Å²) in [6.07, 6.45) is 1.94. The summed E-state index contributed by atoms with van der Waals surface area (Å²) in [6.45, 7) is 6.33. The van der Waals surface area contributed by atoms with E-state index in [0.717, 1.165) is 12.8 Å². The first-order chi connectivity index (χ1) is 7.53. The minimum absolute atomic E-state index is 0.0429. The molecule has 0 unspecified atom stereocenters. The van der Waals surface area contributed by atoms with Crippen LogP contribution in [0.25, 0.3) is 0 Å². The molecule has 0 atom stereocenters. The molecule has 0 spiro atoms. The monoisotopic (exact) mass is 225 g/mol. The maximum absolute atomic E-state index is 5.55. The number of methoxy groups -OCH3 is 1. The number of rotatable bonds is 5. The molecule has 0 bridgehead atoms. The van der Waals surface area contributed by atoms with Crippen molar-refractivity contribution in [1.29, 1.82) is 0 Å². The van der Waals surface area contributed by atoms with Gasteiger partial charge >= 0.3 is 6.01 Å². The highest BCUT2D eigenvalue weighted by atomic mass is 16.5. The smallest absolute Gasteiger partial charge is 0.322 e. The van der Waals surface area contributed by atoms with Crippen LogP contribution in [0.15, 0.2) is 0 Å². The van der Waals surface area contributed by atoms with Crippen molar-refractivity contribution in [3.8, 4) is 6.01 Å². The van der Waals surface area contributed by atoms with Gasteiger partial charge in [0, 0.05) is 5.54 Å². The van der Waals surface area contributed by atoms with Crippen LogP contribution < -0.4 is 15.8 Å². The van der Waals surface area contributed by atoms with E-state index in [-0.39, 0.29) is 17.5 Å². The Kier molecular flexibility index (Phi) is 3.87. The predicted molar refractivity (Wildman–Crippen MR) is 63.4 cm³/mol. The molecule has 0 aromatic carbocycles. The summed E-state index contributed by atoms with van der Waals surface area (Å²) in [6, 6.07) is 0.226. The van der Waals surface area contributed by atoms with Crippen molar-refractivity contribution in [2.75, 3.05) is 18.2 Å². The maximum atomic E-state index is 5.55. The number of hydrogen-bond donors (Lipinski definition) is 2. The lowest BCUT2D eigenvalue weighted by Gasteiger charge is -2.28. The van der Waals surface area contributed by atoms with Crippen LogP contribution in [0, 0.1) is 0 Å². The van der Waals surface area contributed by atoms with Gasteiger partial charge in [-0.05, 0) is 19.8 Å². The molecule has 0 aliphatic rings. The zero-order chi connectivity index (χ0) is 12.2. The predicted octanol–water partition coefficient (Wildman–Crippen LogP) is 1.45. The van der Waals surface area contributed by atoms with Crippen molar-refractivity contribution in [1.82, 2.24) is 15.0 Å².